The van der Waals surface area contributed by atoms with Crippen LogP contribution < -0.4 is 42.0 Å². The molecule has 7 N–H and O–H groups in total. The number of nitriles is 1. The average Bonchev–Trinajstić information content (AvgIpc) is 3.72. The highest BCUT2D eigenvalue weighted by molar-refractivity contribution is 6.12. The molecule has 0 spiro atoms. The largest absolute Gasteiger partial charge is 0.495 e. The van der Waals surface area contributed by atoms with Crippen LogP contribution in [0.15, 0.2) is 84.9 Å². The van der Waals surface area contributed by atoms with Crippen molar-refractivity contribution in [3.63, 3.8) is 0 Å². The fourth-order valence-electron chi connectivity index (χ4n) is 7.40. The Morgan fingerprint density at radius 1 is 0.800 bits per heavy atom. The Kier molecular flexibility index (Phi) is 23.2. The Bertz CT molecular complexity index is 2660. The van der Waals surface area contributed by atoms with Gasteiger partial charge in [0.25, 0.3) is 11.8 Å². The number of urea groups is 1. The fourth-order valence-corrected chi connectivity index (χ4v) is 7.40. The quantitative estimate of drug-likeness (QED) is 0.0306. The molecule has 0 unspecified atom stereocenters. The van der Waals surface area contributed by atoms with Crippen molar-refractivity contribution in [3.05, 3.63) is 96.2 Å². The topological polar surface area (TPSA) is 304 Å². The van der Waals surface area contributed by atoms with Gasteiger partial charge >= 0.3 is 12.1 Å². The van der Waals surface area contributed by atoms with Crippen molar-refractivity contribution in [2.75, 3.05) is 95.6 Å². The van der Waals surface area contributed by atoms with Crippen molar-refractivity contribution >= 4 is 75.3 Å². The summed E-state index contributed by atoms with van der Waals surface area (Å²) in [6, 6.07) is 20.2. The molecule has 1 aromatic heterocycles. The molecule has 4 aromatic rings. The Morgan fingerprint density at radius 2 is 1.45 bits per heavy atom. The zero-order valence-electron chi connectivity index (χ0n) is 42.4. The molecule has 23 nitrogen and oxygen atoms in total. The Labute approximate surface area is 434 Å². The lowest BCUT2D eigenvalue weighted by atomic mass is 10.0. The van der Waals surface area contributed by atoms with Crippen LogP contribution in [0.5, 0.6) is 5.75 Å². The van der Waals surface area contributed by atoms with Crippen LogP contribution in [0, 0.1) is 17.2 Å². The third-order valence-corrected chi connectivity index (χ3v) is 11.4. The smallest absolute Gasteiger partial charge is 0.412 e. The summed E-state index contributed by atoms with van der Waals surface area (Å²) < 4.78 is 32.9. The van der Waals surface area contributed by atoms with Crippen LogP contribution in [-0.2, 0) is 54.3 Å². The molecule has 400 valence electrons. The number of para-hydroxylation sites is 1. The summed E-state index contributed by atoms with van der Waals surface area (Å²) in [5, 5.41) is 23.9. The van der Waals surface area contributed by atoms with E-state index in [1.54, 1.807) is 56.3 Å². The molecule has 0 aliphatic carbocycles. The number of nitrogens with one attached hydrogen (secondary N) is 5. The lowest BCUT2D eigenvalue weighted by Gasteiger charge is -2.25. The minimum atomic E-state index is -1.07. The van der Waals surface area contributed by atoms with Crippen LogP contribution >= 0.6 is 0 Å². The number of nitrogens with zero attached hydrogens (tertiary/aromatic N) is 4. The zero-order chi connectivity index (χ0) is 54.1. The number of nitrogens with two attached hydrogens (primary N) is 1. The van der Waals surface area contributed by atoms with Gasteiger partial charge in [-0.2, -0.15) is 5.26 Å². The number of imide groups is 1. The van der Waals surface area contributed by atoms with Crippen molar-refractivity contribution in [2.45, 2.75) is 51.8 Å². The van der Waals surface area contributed by atoms with Gasteiger partial charge in [-0.25, -0.2) is 14.6 Å². The number of hydrogen-bond acceptors (Lipinski definition) is 16. The highest BCUT2D eigenvalue weighted by atomic mass is 16.6. The number of primary amides is 1. The number of carbonyl (C=O) groups excluding carboxylic acids is 7. The molecule has 1 aliphatic rings. The van der Waals surface area contributed by atoms with Gasteiger partial charge in [0, 0.05) is 48.9 Å². The van der Waals surface area contributed by atoms with Crippen LogP contribution in [0.2, 0.25) is 0 Å². The first-order chi connectivity index (χ1) is 36.2. The monoisotopic (exact) mass is 1040 g/mol. The van der Waals surface area contributed by atoms with Crippen LogP contribution in [0.4, 0.5) is 32.3 Å². The van der Waals surface area contributed by atoms with E-state index in [0.29, 0.717) is 53.7 Å². The van der Waals surface area contributed by atoms with E-state index >= 15 is 0 Å². The van der Waals surface area contributed by atoms with E-state index in [2.05, 4.69) is 37.6 Å². The minimum Gasteiger partial charge on any atom is -0.495 e. The van der Waals surface area contributed by atoms with Gasteiger partial charge in [-0.1, -0.05) is 44.2 Å². The van der Waals surface area contributed by atoms with Crippen LogP contribution in [0.25, 0.3) is 10.9 Å². The zero-order valence-corrected chi connectivity index (χ0v) is 42.4. The van der Waals surface area contributed by atoms with Crippen molar-refractivity contribution in [1.29, 1.82) is 5.26 Å². The Hall–Kier alpha value is -8.17. The SMILES string of the molecule is COc1ccc(N(C)c2cc(C#N)nc3ccccc23)cc1NC(=O)OCc1ccc(NC(=O)[C@@H](CCCNC(N)=O)NC(=O)[C@H](NC(=O)CCOCCOCCOCCOCCN2C(=O)C=CC2=O)C(C)C)cc1. The molecular weight excluding hydrogens is 973 g/mol. The first-order valence-electron chi connectivity index (χ1n) is 24.2. The predicted molar refractivity (Wildman–Crippen MR) is 276 cm³/mol. The molecule has 23 heteroatoms. The normalized spacial score (nSPS) is 12.7. The van der Waals surface area contributed by atoms with Gasteiger partial charge in [-0.15, -0.1) is 0 Å². The summed E-state index contributed by atoms with van der Waals surface area (Å²) >= 11 is 0. The highest BCUT2D eigenvalue weighted by Crippen LogP contribution is 2.35. The minimum absolute atomic E-state index is 0.0388. The second-order valence-corrected chi connectivity index (χ2v) is 17.1. The van der Waals surface area contributed by atoms with Gasteiger partial charge in [-0.3, -0.25) is 34.2 Å². The maximum Gasteiger partial charge on any atom is 0.412 e. The van der Waals surface area contributed by atoms with Gasteiger partial charge in [0.1, 0.15) is 36.2 Å². The lowest BCUT2D eigenvalue weighted by Crippen LogP contribution is -2.54. The number of hydrogen-bond donors (Lipinski definition) is 6. The molecule has 2 atom stereocenters. The molecule has 0 radical (unpaired) electrons. The number of carbonyl (C=O) groups is 7. The van der Waals surface area contributed by atoms with Gasteiger partial charge in [0.2, 0.25) is 17.7 Å². The van der Waals surface area contributed by atoms with Crippen molar-refractivity contribution in [3.8, 4) is 11.8 Å². The molecule has 2 heterocycles. The second kappa shape index (κ2) is 30.1. The van der Waals surface area contributed by atoms with Crippen LogP contribution in [-0.4, -0.2) is 144 Å². The van der Waals surface area contributed by atoms with E-state index in [0.717, 1.165) is 16.0 Å². The molecule has 0 fully saturated rings. The molecule has 0 saturated heterocycles. The van der Waals surface area contributed by atoms with Crippen molar-refractivity contribution in [1.82, 2.24) is 25.8 Å². The van der Waals surface area contributed by atoms with Crippen molar-refractivity contribution < 1.29 is 62.0 Å². The number of fused-ring (bicyclic) bond motifs is 1. The Balaban J connectivity index is 1.04. The van der Waals surface area contributed by atoms with Gasteiger partial charge in [0.15, 0.2) is 0 Å². The first-order valence-corrected chi connectivity index (χ1v) is 24.2. The summed E-state index contributed by atoms with van der Waals surface area (Å²) in [4.78, 5) is 95.0. The highest BCUT2D eigenvalue weighted by Gasteiger charge is 2.29. The number of methoxy groups -OCH3 is 1. The van der Waals surface area contributed by atoms with Crippen LogP contribution in [0.3, 0.4) is 0 Å². The number of rotatable bonds is 31. The van der Waals surface area contributed by atoms with Gasteiger partial charge < -0.3 is 60.3 Å². The fraction of sp³-hybridized carbons (Fsp3) is 0.404. The van der Waals surface area contributed by atoms with E-state index in [9.17, 15) is 38.8 Å². The van der Waals surface area contributed by atoms with E-state index in [1.807, 2.05) is 42.3 Å². The maximum atomic E-state index is 13.7. The molecular formula is C52H64N10O13. The summed E-state index contributed by atoms with van der Waals surface area (Å²) in [5.41, 5.74) is 8.87. The predicted octanol–water partition coefficient (Wildman–Crippen LogP) is 4.03. The molecule has 75 heavy (non-hydrogen) atoms. The van der Waals surface area contributed by atoms with Crippen LogP contribution in [0.1, 0.15) is 44.4 Å². The maximum absolute atomic E-state index is 13.7. The molecule has 1 aliphatic heterocycles. The number of pyridine rings is 1. The van der Waals surface area contributed by atoms with Crippen molar-refractivity contribution in [2.24, 2.45) is 11.7 Å². The summed E-state index contributed by atoms with van der Waals surface area (Å²) in [7, 11) is 3.31. The second-order valence-electron chi connectivity index (χ2n) is 17.1. The summed E-state index contributed by atoms with van der Waals surface area (Å²) in [6.45, 7) is 5.65. The first kappa shape index (κ1) is 57.7. The summed E-state index contributed by atoms with van der Waals surface area (Å²) in [6.07, 6.45) is 2.05. The summed E-state index contributed by atoms with van der Waals surface area (Å²) in [5.74, 6) is -2.26. The Morgan fingerprint density at radius 3 is 2.09 bits per heavy atom. The van der Waals surface area contributed by atoms with E-state index in [-0.39, 0.29) is 95.4 Å². The number of anilines is 4. The number of amides is 8. The molecule has 3 aromatic carbocycles. The third-order valence-electron chi connectivity index (χ3n) is 11.4. The van der Waals surface area contributed by atoms with E-state index in [4.69, 9.17) is 34.2 Å². The third kappa shape index (κ3) is 18.7. The number of ether oxygens (including phenoxy) is 6. The van der Waals surface area contributed by atoms with E-state index in [1.165, 1.54) is 19.3 Å². The van der Waals surface area contributed by atoms with Gasteiger partial charge in [-0.05, 0) is 66.8 Å². The molecule has 5 rings (SSSR count). The number of benzene rings is 3. The van der Waals surface area contributed by atoms with E-state index < -0.39 is 41.9 Å². The molecule has 8 amide bonds. The lowest BCUT2D eigenvalue weighted by molar-refractivity contribution is -0.137. The molecule has 0 saturated carbocycles. The average molecular weight is 1040 g/mol. The van der Waals surface area contributed by atoms with Gasteiger partial charge in [0.05, 0.1) is 83.4 Å². The molecule has 0 bridgehead atoms. The number of aromatic nitrogens is 1. The standard InChI is InChI=1S/C52H64N10O13/c1-34(2)48(60-45(63)19-22-71-24-26-73-28-29-74-27-25-72-23-21-62-46(64)17-18-47(62)65)50(67)58-41(10-7-20-55-51(54)68)49(66)57-36-13-11-35(12-14-36)33-75-52(69)59-42-31-38(15-16-44(42)70-4)61(3)43-30-37(32-53)56-40-9-6-5-8-39(40)43/h5-6,8-9,11-18,30-31,34,41,48H,7,10,19-29,33H2,1-4H3,(H,57,66)(H,58,67)(H,59,69)(H,60,63)(H3,54,55,68)/t41-,48-/m1/s1.